The largest absolute Gasteiger partial charge is 0.475 e. The molecule has 94 valence electrons. The number of pyridine rings is 1. The van der Waals surface area contributed by atoms with Crippen molar-refractivity contribution in [2.45, 2.75) is 6.18 Å². The van der Waals surface area contributed by atoms with Gasteiger partial charge in [-0.25, -0.2) is 4.79 Å². The van der Waals surface area contributed by atoms with Gasteiger partial charge in [0.1, 0.15) is 5.69 Å². The minimum Gasteiger partial charge on any atom is -0.475 e. The van der Waals surface area contributed by atoms with Crippen molar-refractivity contribution in [1.29, 1.82) is 0 Å². The van der Waals surface area contributed by atoms with Crippen LogP contribution in [-0.4, -0.2) is 21.2 Å². The Morgan fingerprint density at radius 2 is 2.00 bits per heavy atom. The standard InChI is InChI=1S/C10H5F3N2O3/c11-10(12,13)5-1-2-6(14-4-5)7-3-8(9(16)17)18-15-7/h1-4H,(H,16,17). The number of hydrogen-bond acceptors (Lipinski definition) is 4. The molecule has 0 saturated heterocycles. The Bertz CT molecular complexity index is 575. The molecule has 0 aliphatic rings. The van der Waals surface area contributed by atoms with Gasteiger partial charge in [-0.2, -0.15) is 13.2 Å². The first-order valence-corrected chi connectivity index (χ1v) is 4.61. The van der Waals surface area contributed by atoms with E-state index in [0.717, 1.165) is 18.2 Å². The summed E-state index contributed by atoms with van der Waals surface area (Å²) in [6.07, 6.45) is -3.83. The lowest BCUT2D eigenvalue weighted by molar-refractivity contribution is -0.137. The van der Waals surface area contributed by atoms with Crippen LogP contribution in [0.3, 0.4) is 0 Å². The van der Waals surface area contributed by atoms with Gasteiger partial charge in [-0.05, 0) is 12.1 Å². The van der Waals surface area contributed by atoms with E-state index in [-0.39, 0.29) is 11.4 Å². The smallest absolute Gasteiger partial charge is 0.417 e. The van der Waals surface area contributed by atoms with E-state index >= 15 is 0 Å². The van der Waals surface area contributed by atoms with Gasteiger partial charge in [0, 0.05) is 12.3 Å². The Hall–Kier alpha value is -2.38. The Balaban J connectivity index is 2.31. The second-order valence-corrected chi connectivity index (χ2v) is 3.31. The first-order valence-electron chi connectivity index (χ1n) is 4.61. The summed E-state index contributed by atoms with van der Waals surface area (Å²) in [5.74, 6) is -1.73. The molecule has 2 aromatic rings. The number of aromatic carboxylic acids is 1. The number of carboxylic acids is 1. The summed E-state index contributed by atoms with van der Waals surface area (Å²) in [5.41, 5.74) is -0.742. The zero-order chi connectivity index (χ0) is 13.3. The number of nitrogens with zero attached hydrogens (tertiary/aromatic N) is 2. The third kappa shape index (κ3) is 2.31. The number of carboxylic acid groups (broad SMARTS) is 1. The molecule has 0 unspecified atom stereocenters. The van der Waals surface area contributed by atoms with E-state index in [1.165, 1.54) is 0 Å². The van der Waals surface area contributed by atoms with E-state index in [0.29, 0.717) is 6.20 Å². The number of hydrogen-bond donors (Lipinski definition) is 1. The van der Waals surface area contributed by atoms with E-state index in [2.05, 4.69) is 14.7 Å². The highest BCUT2D eigenvalue weighted by Crippen LogP contribution is 2.29. The fraction of sp³-hybridized carbons (Fsp3) is 0.100. The van der Waals surface area contributed by atoms with Crippen LogP contribution in [0.25, 0.3) is 11.4 Å². The monoisotopic (exact) mass is 258 g/mol. The molecule has 0 amide bonds. The molecule has 0 spiro atoms. The number of halogens is 3. The van der Waals surface area contributed by atoms with Crippen LogP contribution in [0.15, 0.2) is 28.9 Å². The van der Waals surface area contributed by atoms with Crippen LogP contribution >= 0.6 is 0 Å². The molecule has 0 saturated carbocycles. The van der Waals surface area contributed by atoms with Gasteiger partial charge in [-0.3, -0.25) is 4.98 Å². The molecule has 0 atom stereocenters. The highest BCUT2D eigenvalue weighted by Gasteiger charge is 2.30. The second kappa shape index (κ2) is 4.13. The minimum absolute atomic E-state index is 0.0566. The lowest BCUT2D eigenvalue weighted by Crippen LogP contribution is -2.05. The molecule has 2 aromatic heterocycles. The molecule has 0 aromatic carbocycles. The van der Waals surface area contributed by atoms with Crippen molar-refractivity contribution in [3.05, 3.63) is 35.7 Å². The minimum atomic E-state index is -4.47. The van der Waals surface area contributed by atoms with Gasteiger partial charge >= 0.3 is 12.1 Å². The number of rotatable bonds is 2. The normalized spacial score (nSPS) is 11.5. The Kier molecular flexibility index (Phi) is 2.77. The van der Waals surface area contributed by atoms with Crippen molar-refractivity contribution >= 4 is 5.97 Å². The SMILES string of the molecule is O=C(O)c1cc(-c2ccc(C(F)(F)F)cn2)no1. The van der Waals surface area contributed by atoms with E-state index < -0.39 is 23.5 Å². The summed E-state index contributed by atoms with van der Waals surface area (Å²) in [5, 5.41) is 12.0. The third-order valence-electron chi connectivity index (χ3n) is 2.07. The van der Waals surface area contributed by atoms with Gasteiger partial charge in [0.25, 0.3) is 0 Å². The average molecular weight is 258 g/mol. The second-order valence-electron chi connectivity index (χ2n) is 3.31. The van der Waals surface area contributed by atoms with Gasteiger partial charge in [-0.1, -0.05) is 5.16 Å². The van der Waals surface area contributed by atoms with Crippen LogP contribution in [-0.2, 0) is 6.18 Å². The number of carbonyl (C=O) groups is 1. The van der Waals surface area contributed by atoms with Crippen LogP contribution in [0.2, 0.25) is 0 Å². The van der Waals surface area contributed by atoms with Crippen molar-refractivity contribution in [2.75, 3.05) is 0 Å². The average Bonchev–Trinajstić information content (AvgIpc) is 2.77. The van der Waals surface area contributed by atoms with E-state index in [1.54, 1.807) is 0 Å². The van der Waals surface area contributed by atoms with Gasteiger partial charge in [0.05, 0.1) is 11.3 Å². The molecule has 2 heterocycles. The lowest BCUT2D eigenvalue weighted by Gasteiger charge is -2.05. The molecule has 0 fully saturated rings. The van der Waals surface area contributed by atoms with Crippen LogP contribution < -0.4 is 0 Å². The quantitative estimate of drug-likeness (QED) is 0.895. The highest BCUT2D eigenvalue weighted by atomic mass is 19.4. The van der Waals surface area contributed by atoms with Crippen molar-refractivity contribution < 1.29 is 27.6 Å². The van der Waals surface area contributed by atoms with Crippen LogP contribution in [0.1, 0.15) is 16.1 Å². The lowest BCUT2D eigenvalue weighted by atomic mass is 10.2. The van der Waals surface area contributed by atoms with Gasteiger partial charge in [-0.15, -0.1) is 0 Å². The van der Waals surface area contributed by atoms with Gasteiger partial charge in [0.15, 0.2) is 0 Å². The molecule has 0 bridgehead atoms. The molecular formula is C10H5F3N2O3. The predicted molar refractivity (Wildman–Crippen MR) is 51.7 cm³/mol. The first kappa shape index (κ1) is 12.1. The Morgan fingerprint density at radius 1 is 1.28 bits per heavy atom. The summed E-state index contributed by atoms with van der Waals surface area (Å²) < 4.78 is 41.3. The molecule has 0 aliphatic heterocycles. The Morgan fingerprint density at radius 3 is 2.44 bits per heavy atom. The third-order valence-corrected chi connectivity index (χ3v) is 2.07. The maximum Gasteiger partial charge on any atom is 0.417 e. The summed E-state index contributed by atoms with van der Waals surface area (Å²) in [4.78, 5) is 14.1. The molecule has 2 rings (SSSR count). The van der Waals surface area contributed by atoms with Gasteiger partial charge in [0.2, 0.25) is 5.76 Å². The van der Waals surface area contributed by atoms with Crippen molar-refractivity contribution in [3.63, 3.8) is 0 Å². The highest BCUT2D eigenvalue weighted by molar-refractivity contribution is 5.85. The summed E-state index contributed by atoms with van der Waals surface area (Å²) in [7, 11) is 0. The van der Waals surface area contributed by atoms with Crippen molar-refractivity contribution in [1.82, 2.24) is 10.1 Å². The zero-order valence-corrected chi connectivity index (χ0v) is 8.60. The van der Waals surface area contributed by atoms with Crippen LogP contribution in [0.4, 0.5) is 13.2 Å². The fourth-order valence-electron chi connectivity index (χ4n) is 1.21. The fourth-order valence-corrected chi connectivity index (χ4v) is 1.21. The molecule has 1 N–H and O–H groups in total. The van der Waals surface area contributed by atoms with Crippen molar-refractivity contribution in [3.8, 4) is 11.4 Å². The number of aromatic nitrogens is 2. The summed E-state index contributed by atoms with van der Waals surface area (Å²) >= 11 is 0. The topological polar surface area (TPSA) is 76.2 Å². The van der Waals surface area contributed by atoms with Crippen LogP contribution in [0, 0.1) is 0 Å². The summed E-state index contributed by atoms with van der Waals surface area (Å²) in [6, 6.07) is 3.00. The van der Waals surface area contributed by atoms with Crippen LogP contribution in [0.5, 0.6) is 0 Å². The van der Waals surface area contributed by atoms with E-state index in [1.807, 2.05) is 0 Å². The van der Waals surface area contributed by atoms with E-state index in [4.69, 9.17) is 5.11 Å². The maximum absolute atomic E-state index is 12.3. The molecule has 18 heavy (non-hydrogen) atoms. The molecule has 0 aliphatic carbocycles. The Labute approximate surface area is 97.9 Å². The zero-order valence-electron chi connectivity index (χ0n) is 8.60. The number of alkyl halides is 3. The molecule has 8 heteroatoms. The van der Waals surface area contributed by atoms with Gasteiger partial charge < -0.3 is 9.63 Å². The summed E-state index contributed by atoms with van der Waals surface area (Å²) in [6.45, 7) is 0. The van der Waals surface area contributed by atoms with Crippen molar-refractivity contribution in [2.24, 2.45) is 0 Å². The first-order chi connectivity index (χ1) is 8.38. The van der Waals surface area contributed by atoms with E-state index in [9.17, 15) is 18.0 Å². The molecule has 5 nitrogen and oxygen atoms in total. The predicted octanol–water partition coefficient (Wildman–Crippen LogP) is 2.45. The molecular weight excluding hydrogens is 253 g/mol. The molecule has 0 radical (unpaired) electrons. The maximum atomic E-state index is 12.3.